The second-order valence-electron chi connectivity index (χ2n) is 8.94. The molecule has 0 spiro atoms. The Morgan fingerprint density at radius 3 is 2.71 bits per heavy atom. The molecule has 3 amide bonds. The SMILES string of the molecule is CN(Cc1ccc2c(c1)C(=O)N(C1CCC(=O)NC1=O)C2)C1CNCC1(C)C. The van der Waals surface area contributed by atoms with E-state index in [0.717, 1.165) is 30.8 Å². The lowest BCUT2D eigenvalue weighted by Crippen LogP contribution is -2.52. The van der Waals surface area contributed by atoms with Gasteiger partial charge in [0, 0.05) is 44.2 Å². The summed E-state index contributed by atoms with van der Waals surface area (Å²) in [5.74, 6) is -0.745. The highest BCUT2D eigenvalue weighted by Gasteiger charge is 2.40. The van der Waals surface area contributed by atoms with Gasteiger partial charge in [-0.15, -0.1) is 0 Å². The van der Waals surface area contributed by atoms with Gasteiger partial charge in [-0.25, -0.2) is 0 Å². The Kier molecular flexibility index (Phi) is 4.75. The summed E-state index contributed by atoms with van der Waals surface area (Å²) in [7, 11) is 2.13. The number of amides is 3. The standard InChI is InChI=1S/C21H28N4O3/c1-21(2)12-22-9-17(21)24(3)10-13-4-5-14-11-25(20(28)15(14)8-13)16-6-7-18(26)23-19(16)27/h4-5,8,16-17,22H,6-7,9-12H2,1-3H3,(H,23,26,27). The van der Waals surface area contributed by atoms with Gasteiger partial charge in [-0.05, 0) is 36.1 Å². The summed E-state index contributed by atoms with van der Waals surface area (Å²) in [6, 6.07) is 5.92. The largest absolute Gasteiger partial charge is 0.322 e. The maximum atomic E-state index is 13.0. The monoisotopic (exact) mass is 384 g/mol. The first-order valence-electron chi connectivity index (χ1n) is 9.94. The lowest BCUT2D eigenvalue weighted by molar-refractivity contribution is -0.136. The van der Waals surface area contributed by atoms with Crippen LogP contribution in [0.5, 0.6) is 0 Å². The van der Waals surface area contributed by atoms with Gasteiger partial charge in [0.1, 0.15) is 6.04 Å². The number of piperidine rings is 1. The predicted molar refractivity (Wildman–Crippen MR) is 104 cm³/mol. The first-order valence-corrected chi connectivity index (χ1v) is 9.94. The summed E-state index contributed by atoms with van der Waals surface area (Å²) >= 11 is 0. The summed E-state index contributed by atoms with van der Waals surface area (Å²) < 4.78 is 0. The van der Waals surface area contributed by atoms with Gasteiger partial charge in [0.05, 0.1) is 0 Å². The minimum atomic E-state index is -0.561. The van der Waals surface area contributed by atoms with Crippen LogP contribution in [-0.4, -0.2) is 59.7 Å². The molecule has 150 valence electrons. The average molecular weight is 384 g/mol. The number of fused-ring (bicyclic) bond motifs is 1. The number of nitrogens with zero attached hydrogens (tertiary/aromatic N) is 2. The molecule has 3 aliphatic rings. The van der Waals surface area contributed by atoms with Crippen LogP contribution in [-0.2, 0) is 22.7 Å². The molecule has 7 nitrogen and oxygen atoms in total. The van der Waals surface area contributed by atoms with Crippen molar-refractivity contribution < 1.29 is 14.4 Å². The maximum absolute atomic E-state index is 13.0. The maximum Gasteiger partial charge on any atom is 0.255 e. The third kappa shape index (κ3) is 3.33. The van der Waals surface area contributed by atoms with Crippen LogP contribution in [0.1, 0.15) is 48.2 Å². The van der Waals surface area contributed by atoms with Crippen LogP contribution in [0.3, 0.4) is 0 Å². The van der Waals surface area contributed by atoms with Gasteiger partial charge >= 0.3 is 0 Å². The van der Waals surface area contributed by atoms with Crippen LogP contribution in [0.15, 0.2) is 18.2 Å². The summed E-state index contributed by atoms with van der Waals surface area (Å²) in [6.07, 6.45) is 0.668. The van der Waals surface area contributed by atoms with Crippen LogP contribution < -0.4 is 10.6 Å². The van der Waals surface area contributed by atoms with E-state index < -0.39 is 6.04 Å². The molecule has 2 saturated heterocycles. The van der Waals surface area contributed by atoms with Crippen molar-refractivity contribution in [3.05, 3.63) is 34.9 Å². The minimum absolute atomic E-state index is 0.114. The van der Waals surface area contributed by atoms with Crippen molar-refractivity contribution in [2.45, 2.75) is 51.9 Å². The highest BCUT2D eigenvalue weighted by Crippen LogP contribution is 2.31. The molecule has 2 fully saturated rings. The molecule has 0 bridgehead atoms. The molecule has 2 atom stereocenters. The third-order valence-corrected chi connectivity index (χ3v) is 6.38. The van der Waals surface area contributed by atoms with Gasteiger partial charge in [0.15, 0.2) is 0 Å². The van der Waals surface area contributed by atoms with E-state index in [-0.39, 0.29) is 29.6 Å². The van der Waals surface area contributed by atoms with E-state index in [4.69, 9.17) is 0 Å². The van der Waals surface area contributed by atoms with Crippen molar-refractivity contribution in [1.82, 2.24) is 20.4 Å². The predicted octanol–water partition coefficient (Wildman–Crippen LogP) is 0.877. The second kappa shape index (κ2) is 6.97. The molecule has 28 heavy (non-hydrogen) atoms. The van der Waals surface area contributed by atoms with Crippen LogP contribution in [0.25, 0.3) is 0 Å². The highest BCUT2D eigenvalue weighted by atomic mass is 16.2. The van der Waals surface area contributed by atoms with Gasteiger partial charge in [-0.1, -0.05) is 26.0 Å². The molecule has 7 heteroatoms. The second-order valence-corrected chi connectivity index (χ2v) is 8.94. The summed E-state index contributed by atoms with van der Waals surface area (Å²) in [5, 5.41) is 5.81. The molecule has 1 aromatic carbocycles. The highest BCUT2D eigenvalue weighted by molar-refractivity contribution is 6.05. The molecule has 0 aromatic heterocycles. The number of benzene rings is 1. The van der Waals surface area contributed by atoms with E-state index in [9.17, 15) is 14.4 Å². The number of hydrogen-bond acceptors (Lipinski definition) is 5. The fourth-order valence-corrected chi connectivity index (χ4v) is 4.78. The number of hydrogen-bond donors (Lipinski definition) is 2. The molecule has 2 N–H and O–H groups in total. The molecule has 0 saturated carbocycles. The quantitative estimate of drug-likeness (QED) is 0.753. The van der Waals surface area contributed by atoms with Gasteiger partial charge in [-0.2, -0.15) is 0 Å². The van der Waals surface area contributed by atoms with Crippen molar-refractivity contribution >= 4 is 17.7 Å². The Balaban J connectivity index is 1.49. The van der Waals surface area contributed by atoms with Crippen molar-refractivity contribution in [3.8, 4) is 0 Å². The average Bonchev–Trinajstić information content (AvgIpc) is 3.14. The van der Waals surface area contributed by atoms with Crippen molar-refractivity contribution in [2.24, 2.45) is 5.41 Å². The Labute approximate surface area is 165 Å². The lowest BCUT2D eigenvalue weighted by Gasteiger charge is -2.34. The molecule has 0 radical (unpaired) electrons. The molecule has 3 aliphatic heterocycles. The lowest BCUT2D eigenvalue weighted by atomic mass is 9.87. The Morgan fingerprint density at radius 1 is 1.25 bits per heavy atom. The van der Waals surface area contributed by atoms with Crippen LogP contribution >= 0.6 is 0 Å². The molecule has 4 rings (SSSR count). The fraction of sp³-hybridized carbons (Fsp3) is 0.571. The van der Waals surface area contributed by atoms with E-state index in [1.165, 1.54) is 0 Å². The molecule has 1 aromatic rings. The van der Waals surface area contributed by atoms with E-state index in [0.29, 0.717) is 24.6 Å². The smallest absolute Gasteiger partial charge is 0.255 e. The minimum Gasteiger partial charge on any atom is -0.322 e. The van der Waals surface area contributed by atoms with Gasteiger partial charge in [-0.3, -0.25) is 24.6 Å². The third-order valence-electron chi connectivity index (χ3n) is 6.38. The number of carbonyl (C=O) groups is 3. The molecule has 2 unspecified atom stereocenters. The fourth-order valence-electron chi connectivity index (χ4n) is 4.78. The van der Waals surface area contributed by atoms with Crippen molar-refractivity contribution in [2.75, 3.05) is 20.1 Å². The van der Waals surface area contributed by atoms with E-state index in [2.05, 4.69) is 42.5 Å². The van der Waals surface area contributed by atoms with E-state index >= 15 is 0 Å². The normalized spacial score (nSPS) is 26.7. The van der Waals surface area contributed by atoms with Gasteiger partial charge in [0.2, 0.25) is 11.8 Å². The Hall–Kier alpha value is -2.25. The van der Waals surface area contributed by atoms with Crippen molar-refractivity contribution in [3.63, 3.8) is 0 Å². The number of likely N-dealkylation sites (N-methyl/N-ethyl adjacent to an activating group) is 1. The van der Waals surface area contributed by atoms with Crippen molar-refractivity contribution in [1.29, 1.82) is 0 Å². The molecule has 3 heterocycles. The van der Waals surface area contributed by atoms with Gasteiger partial charge in [0.25, 0.3) is 5.91 Å². The number of imide groups is 1. The Morgan fingerprint density at radius 2 is 2.04 bits per heavy atom. The number of carbonyl (C=O) groups excluding carboxylic acids is 3. The first-order chi connectivity index (χ1) is 13.3. The van der Waals surface area contributed by atoms with Gasteiger partial charge < -0.3 is 10.2 Å². The number of rotatable bonds is 4. The summed E-state index contributed by atoms with van der Waals surface area (Å²) in [5.41, 5.74) is 2.94. The summed E-state index contributed by atoms with van der Waals surface area (Å²) in [4.78, 5) is 40.5. The molecular weight excluding hydrogens is 356 g/mol. The zero-order valence-electron chi connectivity index (χ0n) is 16.7. The zero-order valence-corrected chi connectivity index (χ0v) is 16.7. The van der Waals surface area contributed by atoms with Crippen LogP contribution in [0, 0.1) is 5.41 Å². The van der Waals surface area contributed by atoms with E-state index in [1.807, 2.05) is 12.1 Å². The summed E-state index contributed by atoms with van der Waals surface area (Å²) in [6.45, 7) is 7.73. The molecule has 0 aliphatic carbocycles. The van der Waals surface area contributed by atoms with Crippen LogP contribution in [0.2, 0.25) is 0 Å². The number of nitrogens with one attached hydrogen (secondary N) is 2. The topological polar surface area (TPSA) is 81.8 Å². The van der Waals surface area contributed by atoms with E-state index in [1.54, 1.807) is 4.90 Å². The first kappa shape index (κ1) is 19.1. The van der Waals surface area contributed by atoms with Crippen LogP contribution in [0.4, 0.5) is 0 Å². The molecular formula is C21H28N4O3. The Bertz CT molecular complexity index is 835. The zero-order chi connectivity index (χ0) is 20.1.